The lowest BCUT2D eigenvalue weighted by molar-refractivity contribution is 0.309. The van der Waals surface area contributed by atoms with Gasteiger partial charge in [0.1, 0.15) is 11.4 Å². The SMILES string of the molecule is CCCCOc1ccnc(-c2nsc(N)n2)c1. The van der Waals surface area contributed by atoms with Crippen molar-refractivity contribution in [2.45, 2.75) is 19.8 Å². The predicted molar refractivity (Wildman–Crippen MR) is 68.0 cm³/mol. The molecule has 0 radical (unpaired) electrons. The van der Waals surface area contributed by atoms with Gasteiger partial charge in [0.2, 0.25) is 0 Å². The van der Waals surface area contributed by atoms with E-state index in [4.69, 9.17) is 10.5 Å². The summed E-state index contributed by atoms with van der Waals surface area (Å²) in [6.07, 6.45) is 3.84. The Kier molecular flexibility index (Phi) is 3.87. The molecule has 0 saturated carbocycles. The van der Waals surface area contributed by atoms with Crippen molar-refractivity contribution in [2.75, 3.05) is 12.3 Å². The van der Waals surface area contributed by atoms with Crippen LogP contribution in [0.3, 0.4) is 0 Å². The zero-order chi connectivity index (χ0) is 12.1. The van der Waals surface area contributed by atoms with Crippen LogP contribution in [0.1, 0.15) is 19.8 Å². The summed E-state index contributed by atoms with van der Waals surface area (Å²) in [5, 5.41) is 0.444. The quantitative estimate of drug-likeness (QED) is 0.824. The summed E-state index contributed by atoms with van der Waals surface area (Å²) < 4.78 is 9.70. The van der Waals surface area contributed by atoms with Gasteiger partial charge in [0.05, 0.1) is 6.61 Å². The van der Waals surface area contributed by atoms with Crippen LogP contribution in [0.25, 0.3) is 11.5 Å². The number of nitrogen functional groups attached to an aromatic ring is 1. The van der Waals surface area contributed by atoms with Gasteiger partial charge in [0.25, 0.3) is 0 Å². The average Bonchev–Trinajstić information content (AvgIpc) is 2.77. The lowest BCUT2D eigenvalue weighted by atomic mass is 10.3. The monoisotopic (exact) mass is 250 g/mol. The van der Waals surface area contributed by atoms with E-state index in [1.54, 1.807) is 6.20 Å². The molecule has 17 heavy (non-hydrogen) atoms. The van der Waals surface area contributed by atoms with E-state index in [1.165, 1.54) is 0 Å². The summed E-state index contributed by atoms with van der Waals surface area (Å²) in [6, 6.07) is 3.66. The van der Waals surface area contributed by atoms with Crippen LogP contribution < -0.4 is 10.5 Å². The lowest BCUT2D eigenvalue weighted by Gasteiger charge is -2.05. The normalized spacial score (nSPS) is 10.4. The topological polar surface area (TPSA) is 73.9 Å². The Morgan fingerprint density at radius 1 is 1.47 bits per heavy atom. The van der Waals surface area contributed by atoms with E-state index in [9.17, 15) is 0 Å². The smallest absolute Gasteiger partial charge is 0.200 e. The molecule has 6 heteroatoms. The Morgan fingerprint density at radius 2 is 2.35 bits per heavy atom. The van der Waals surface area contributed by atoms with Gasteiger partial charge in [-0.1, -0.05) is 13.3 Å². The highest BCUT2D eigenvalue weighted by Crippen LogP contribution is 2.21. The standard InChI is InChI=1S/C11H14N4OS/c1-2-3-6-16-8-4-5-13-9(7-8)10-14-11(12)17-15-10/h4-5,7H,2-3,6H2,1H3,(H2,12,14,15). The van der Waals surface area contributed by atoms with Crippen molar-refractivity contribution in [1.82, 2.24) is 14.3 Å². The third-order valence-electron chi connectivity index (χ3n) is 2.17. The fraction of sp³-hybridized carbons (Fsp3) is 0.364. The maximum Gasteiger partial charge on any atom is 0.200 e. The third-order valence-corrected chi connectivity index (χ3v) is 2.71. The van der Waals surface area contributed by atoms with E-state index >= 15 is 0 Å². The molecule has 0 aliphatic carbocycles. The first-order valence-electron chi connectivity index (χ1n) is 5.48. The first kappa shape index (κ1) is 11.8. The summed E-state index contributed by atoms with van der Waals surface area (Å²) in [4.78, 5) is 8.28. The summed E-state index contributed by atoms with van der Waals surface area (Å²) in [5.74, 6) is 1.34. The molecule has 2 rings (SSSR count). The summed E-state index contributed by atoms with van der Waals surface area (Å²) in [6.45, 7) is 2.84. The summed E-state index contributed by atoms with van der Waals surface area (Å²) in [5.41, 5.74) is 6.23. The zero-order valence-corrected chi connectivity index (χ0v) is 10.4. The molecule has 90 valence electrons. The Labute approximate surface area is 104 Å². The van der Waals surface area contributed by atoms with Crippen LogP contribution in [0.5, 0.6) is 5.75 Å². The molecular weight excluding hydrogens is 236 g/mol. The number of hydrogen-bond donors (Lipinski definition) is 1. The van der Waals surface area contributed by atoms with Crippen molar-refractivity contribution in [2.24, 2.45) is 0 Å². The predicted octanol–water partition coefficient (Wildman–Crippen LogP) is 2.36. The highest BCUT2D eigenvalue weighted by atomic mass is 32.1. The maximum absolute atomic E-state index is 5.59. The maximum atomic E-state index is 5.59. The molecule has 0 spiro atoms. The van der Waals surface area contributed by atoms with Gasteiger partial charge >= 0.3 is 0 Å². The van der Waals surface area contributed by atoms with Crippen molar-refractivity contribution < 1.29 is 4.74 Å². The van der Waals surface area contributed by atoms with Crippen LogP contribution in [-0.4, -0.2) is 20.9 Å². The van der Waals surface area contributed by atoms with Gasteiger partial charge in [0.15, 0.2) is 11.0 Å². The Morgan fingerprint density at radius 3 is 3.06 bits per heavy atom. The van der Waals surface area contributed by atoms with Crippen LogP contribution in [0.4, 0.5) is 5.13 Å². The second-order valence-corrected chi connectivity index (χ2v) is 4.32. The highest BCUT2D eigenvalue weighted by molar-refractivity contribution is 7.09. The molecule has 0 amide bonds. The van der Waals surface area contributed by atoms with Gasteiger partial charge in [-0.25, -0.2) is 0 Å². The minimum atomic E-state index is 0.444. The Bertz CT molecular complexity index is 486. The number of unbranched alkanes of at least 4 members (excludes halogenated alkanes) is 1. The lowest BCUT2D eigenvalue weighted by Crippen LogP contribution is -1.97. The van der Waals surface area contributed by atoms with Crippen LogP contribution in [0, 0.1) is 0 Å². The van der Waals surface area contributed by atoms with Gasteiger partial charge in [-0.2, -0.15) is 9.36 Å². The van der Waals surface area contributed by atoms with Gasteiger partial charge in [-0.05, 0) is 12.5 Å². The zero-order valence-electron chi connectivity index (χ0n) is 9.59. The molecule has 0 bridgehead atoms. The van der Waals surface area contributed by atoms with Crippen LogP contribution in [-0.2, 0) is 0 Å². The van der Waals surface area contributed by atoms with E-state index in [0.29, 0.717) is 23.3 Å². The Hall–Kier alpha value is -1.69. The molecule has 2 N–H and O–H groups in total. The molecule has 5 nitrogen and oxygen atoms in total. The van der Waals surface area contributed by atoms with Crippen LogP contribution >= 0.6 is 11.5 Å². The van der Waals surface area contributed by atoms with Gasteiger partial charge in [-0.15, -0.1) is 0 Å². The van der Waals surface area contributed by atoms with Gasteiger partial charge in [0, 0.05) is 23.8 Å². The first-order chi connectivity index (χ1) is 8.29. The van der Waals surface area contributed by atoms with Crippen LogP contribution in [0.2, 0.25) is 0 Å². The summed E-state index contributed by atoms with van der Waals surface area (Å²) in [7, 11) is 0. The number of ether oxygens (including phenoxy) is 1. The fourth-order valence-electron chi connectivity index (χ4n) is 1.30. The van der Waals surface area contributed by atoms with Crippen molar-refractivity contribution in [3.63, 3.8) is 0 Å². The first-order valence-corrected chi connectivity index (χ1v) is 6.25. The number of pyridine rings is 1. The number of nitrogens with zero attached hydrogens (tertiary/aromatic N) is 3. The number of hydrogen-bond acceptors (Lipinski definition) is 6. The van der Waals surface area contributed by atoms with Gasteiger partial charge < -0.3 is 10.5 Å². The van der Waals surface area contributed by atoms with Crippen molar-refractivity contribution >= 4 is 16.7 Å². The number of nitrogens with two attached hydrogens (primary N) is 1. The van der Waals surface area contributed by atoms with E-state index in [0.717, 1.165) is 30.1 Å². The largest absolute Gasteiger partial charge is 0.493 e. The molecule has 0 aromatic carbocycles. The van der Waals surface area contributed by atoms with Crippen molar-refractivity contribution in [1.29, 1.82) is 0 Å². The van der Waals surface area contributed by atoms with Crippen molar-refractivity contribution in [3.8, 4) is 17.3 Å². The number of anilines is 1. The average molecular weight is 250 g/mol. The number of aromatic nitrogens is 3. The molecule has 2 heterocycles. The second-order valence-electron chi connectivity index (χ2n) is 3.54. The molecule has 0 aliphatic rings. The minimum Gasteiger partial charge on any atom is -0.493 e. The van der Waals surface area contributed by atoms with Crippen molar-refractivity contribution in [3.05, 3.63) is 18.3 Å². The molecule has 0 unspecified atom stereocenters. The molecule has 2 aromatic rings. The summed E-state index contributed by atoms with van der Waals surface area (Å²) >= 11 is 1.16. The van der Waals surface area contributed by atoms with E-state index < -0.39 is 0 Å². The highest BCUT2D eigenvalue weighted by Gasteiger charge is 2.07. The molecule has 0 atom stereocenters. The molecule has 0 saturated heterocycles. The Balaban J connectivity index is 2.11. The molecule has 0 aliphatic heterocycles. The fourth-order valence-corrected chi connectivity index (χ4v) is 1.74. The van der Waals surface area contributed by atoms with Crippen LogP contribution in [0.15, 0.2) is 18.3 Å². The van der Waals surface area contributed by atoms with E-state index in [-0.39, 0.29) is 0 Å². The van der Waals surface area contributed by atoms with Gasteiger partial charge in [-0.3, -0.25) is 4.98 Å². The molecule has 2 aromatic heterocycles. The number of rotatable bonds is 5. The molecular formula is C11H14N4OS. The molecule has 0 fully saturated rings. The third kappa shape index (κ3) is 3.13. The van der Waals surface area contributed by atoms with E-state index in [1.807, 2.05) is 12.1 Å². The van der Waals surface area contributed by atoms with E-state index in [2.05, 4.69) is 21.3 Å². The second kappa shape index (κ2) is 5.58. The minimum absolute atomic E-state index is 0.444.